The predicted molar refractivity (Wildman–Crippen MR) is 88.2 cm³/mol. The molecule has 0 atom stereocenters. The minimum absolute atomic E-state index is 0.146. The van der Waals surface area contributed by atoms with Crippen LogP contribution in [0.5, 0.6) is 0 Å². The quantitative estimate of drug-likeness (QED) is 0.703. The lowest BCUT2D eigenvalue weighted by atomic mass is 9.84. The van der Waals surface area contributed by atoms with Crippen molar-refractivity contribution in [1.82, 2.24) is 19.9 Å². The van der Waals surface area contributed by atoms with Crippen LogP contribution >= 0.6 is 0 Å². The van der Waals surface area contributed by atoms with E-state index in [1.54, 1.807) is 4.52 Å². The van der Waals surface area contributed by atoms with Crippen LogP contribution < -0.4 is 10.7 Å². The number of H-pyrrole nitrogens is 1. The molecule has 0 spiro atoms. The van der Waals surface area contributed by atoms with Crippen LogP contribution in [0, 0.1) is 5.41 Å². The Hall–Kier alpha value is -2.64. The molecule has 0 fully saturated rings. The lowest BCUT2D eigenvalue weighted by Crippen LogP contribution is -2.33. The minimum Gasteiger partial charge on any atom is -0.480 e. The molecule has 2 aromatic rings. The third-order valence-corrected chi connectivity index (χ3v) is 4.28. The van der Waals surface area contributed by atoms with Gasteiger partial charge in [0.05, 0.1) is 0 Å². The predicted octanol–water partition coefficient (Wildman–Crippen LogP) is 1.21. The number of rotatable bonds is 7. The maximum atomic E-state index is 12.4. The van der Waals surface area contributed by atoms with Crippen LogP contribution in [0.3, 0.4) is 0 Å². The monoisotopic (exact) mass is 334 g/mol. The van der Waals surface area contributed by atoms with Gasteiger partial charge in [-0.3, -0.25) is 19.5 Å². The lowest BCUT2D eigenvalue weighted by molar-refractivity contribution is -0.135. The zero-order chi connectivity index (χ0) is 17.9. The van der Waals surface area contributed by atoms with Gasteiger partial charge in [0, 0.05) is 11.8 Å². The number of nitrogens with one attached hydrogen (secondary N) is 2. The van der Waals surface area contributed by atoms with Gasteiger partial charge < -0.3 is 10.4 Å². The third-order valence-electron chi connectivity index (χ3n) is 4.28. The second-order valence-electron chi connectivity index (χ2n) is 6.52. The molecule has 2 rings (SSSR count). The Balaban J connectivity index is 2.37. The first kappa shape index (κ1) is 17.7. The van der Waals surface area contributed by atoms with Gasteiger partial charge in [-0.25, -0.2) is 9.50 Å². The maximum absolute atomic E-state index is 12.4. The smallest absolute Gasteiger partial charge is 0.322 e. The van der Waals surface area contributed by atoms with E-state index in [1.807, 2.05) is 0 Å². The molecule has 0 aliphatic heterocycles. The fourth-order valence-corrected chi connectivity index (χ4v) is 2.35. The van der Waals surface area contributed by atoms with Crippen molar-refractivity contribution in [1.29, 1.82) is 0 Å². The Morgan fingerprint density at radius 1 is 1.42 bits per heavy atom. The minimum atomic E-state index is -1.18. The number of pyridine rings is 1. The summed E-state index contributed by atoms with van der Waals surface area (Å²) in [6, 6.07) is 1.41. The van der Waals surface area contributed by atoms with Crippen LogP contribution in [0.15, 0.2) is 17.2 Å². The molecule has 0 aliphatic carbocycles. The summed E-state index contributed by atoms with van der Waals surface area (Å²) in [6.45, 7) is 5.89. The van der Waals surface area contributed by atoms with Crippen LogP contribution in [0.4, 0.5) is 0 Å². The topological polar surface area (TPSA) is 117 Å². The number of carbonyl (C=O) groups is 2. The van der Waals surface area contributed by atoms with E-state index in [1.165, 1.54) is 12.4 Å². The number of carboxylic acid groups (broad SMARTS) is 1. The maximum Gasteiger partial charge on any atom is 0.322 e. The molecule has 8 nitrogen and oxygen atoms in total. The van der Waals surface area contributed by atoms with Crippen LogP contribution in [-0.4, -0.2) is 38.1 Å². The number of aromatic nitrogens is 3. The molecular formula is C16H22N4O4. The number of aliphatic carboxylic acids is 1. The van der Waals surface area contributed by atoms with Crippen molar-refractivity contribution in [3.63, 3.8) is 0 Å². The molecule has 0 bridgehead atoms. The van der Waals surface area contributed by atoms with Crippen molar-refractivity contribution in [2.75, 3.05) is 6.54 Å². The normalized spacial score (nSPS) is 11.6. The highest BCUT2D eigenvalue weighted by Gasteiger charge is 2.21. The summed E-state index contributed by atoms with van der Waals surface area (Å²) in [5.74, 6) is -1.92. The highest BCUT2D eigenvalue weighted by Crippen LogP contribution is 2.26. The second-order valence-corrected chi connectivity index (χ2v) is 6.52. The molecule has 0 saturated carbocycles. The summed E-state index contributed by atoms with van der Waals surface area (Å²) in [5.41, 5.74) is 0.469. The van der Waals surface area contributed by atoms with E-state index in [-0.39, 0.29) is 16.6 Å². The molecule has 24 heavy (non-hydrogen) atoms. The zero-order valence-electron chi connectivity index (χ0n) is 14.0. The Morgan fingerprint density at radius 2 is 2.12 bits per heavy atom. The molecule has 0 unspecified atom stereocenters. The largest absolute Gasteiger partial charge is 0.480 e. The van der Waals surface area contributed by atoms with Crippen LogP contribution in [0.1, 0.15) is 49.7 Å². The summed E-state index contributed by atoms with van der Waals surface area (Å²) >= 11 is 0. The van der Waals surface area contributed by atoms with Gasteiger partial charge >= 0.3 is 5.97 Å². The number of hydrogen-bond acceptors (Lipinski definition) is 4. The summed E-state index contributed by atoms with van der Waals surface area (Å²) < 4.78 is 1.60. The van der Waals surface area contributed by atoms with Gasteiger partial charge in [0.2, 0.25) is 0 Å². The van der Waals surface area contributed by atoms with Crippen molar-refractivity contribution in [2.45, 2.75) is 40.0 Å². The van der Waals surface area contributed by atoms with Crippen LogP contribution in [-0.2, 0) is 11.2 Å². The summed E-state index contributed by atoms with van der Waals surface area (Å²) in [6.07, 6.45) is 3.96. The van der Waals surface area contributed by atoms with E-state index in [0.29, 0.717) is 6.42 Å². The number of fused-ring (bicyclic) bond motifs is 1. The zero-order valence-corrected chi connectivity index (χ0v) is 14.0. The fourth-order valence-electron chi connectivity index (χ4n) is 2.35. The van der Waals surface area contributed by atoms with Gasteiger partial charge in [-0.2, -0.15) is 0 Å². The molecule has 8 heteroatoms. The molecule has 2 heterocycles. The Bertz CT molecular complexity index is 819. The number of carboxylic acids is 1. The molecule has 3 N–H and O–H groups in total. The van der Waals surface area contributed by atoms with Crippen molar-refractivity contribution < 1.29 is 14.7 Å². The molecule has 0 aromatic carbocycles. The van der Waals surface area contributed by atoms with Crippen molar-refractivity contribution >= 4 is 17.5 Å². The molecule has 2 aromatic heterocycles. The summed E-state index contributed by atoms with van der Waals surface area (Å²) in [5, 5.41) is 13.7. The van der Waals surface area contributed by atoms with E-state index in [0.717, 1.165) is 18.5 Å². The van der Waals surface area contributed by atoms with E-state index in [9.17, 15) is 14.4 Å². The van der Waals surface area contributed by atoms with Gasteiger partial charge in [-0.1, -0.05) is 27.2 Å². The number of nitrogens with zero attached hydrogens (tertiary/aromatic N) is 2. The average Bonchev–Trinajstić information content (AvgIpc) is 2.99. The van der Waals surface area contributed by atoms with E-state index in [2.05, 4.69) is 36.2 Å². The van der Waals surface area contributed by atoms with Gasteiger partial charge in [-0.05, 0) is 18.3 Å². The Kier molecular flexibility index (Phi) is 5.06. The fraction of sp³-hybridized carbons (Fsp3) is 0.500. The Morgan fingerprint density at radius 3 is 2.75 bits per heavy atom. The lowest BCUT2D eigenvalue weighted by Gasteiger charge is -2.22. The van der Waals surface area contributed by atoms with Gasteiger partial charge in [0.1, 0.15) is 18.4 Å². The Labute approximate surface area is 138 Å². The van der Waals surface area contributed by atoms with Gasteiger partial charge in [-0.15, -0.1) is 0 Å². The molecule has 0 aliphatic rings. The SMILES string of the molecule is CCC(C)(C)CCc1cc(=O)c(C(=O)NCC(=O)O)c2nc[nH]n12. The van der Waals surface area contributed by atoms with E-state index < -0.39 is 23.9 Å². The van der Waals surface area contributed by atoms with Crippen LogP contribution in [0.25, 0.3) is 5.65 Å². The highest BCUT2D eigenvalue weighted by atomic mass is 16.4. The standard InChI is InChI=1S/C16H22N4O4/c1-4-16(2,3)6-5-10-7-11(21)13(14-18-9-19-20(10)14)15(24)17-8-12(22)23/h7,9H,4-6,8H2,1-3H3,(H,17,24)(H,18,19)(H,22,23). The van der Waals surface area contributed by atoms with Gasteiger partial charge in [0.25, 0.3) is 5.91 Å². The molecule has 130 valence electrons. The van der Waals surface area contributed by atoms with Gasteiger partial charge in [0.15, 0.2) is 11.1 Å². The molecule has 0 radical (unpaired) electrons. The number of amides is 1. The van der Waals surface area contributed by atoms with Crippen molar-refractivity contribution in [3.05, 3.63) is 33.9 Å². The summed E-state index contributed by atoms with van der Waals surface area (Å²) in [7, 11) is 0. The average molecular weight is 334 g/mol. The first-order valence-corrected chi connectivity index (χ1v) is 7.83. The highest BCUT2D eigenvalue weighted by molar-refractivity contribution is 6.00. The number of aryl methyl sites for hydroxylation is 1. The number of aromatic amines is 1. The molecule has 0 saturated heterocycles. The molecular weight excluding hydrogens is 312 g/mol. The van der Waals surface area contributed by atoms with Crippen molar-refractivity contribution in [3.8, 4) is 0 Å². The van der Waals surface area contributed by atoms with E-state index >= 15 is 0 Å². The number of carbonyl (C=O) groups excluding carboxylic acids is 1. The first-order valence-electron chi connectivity index (χ1n) is 7.83. The first-order chi connectivity index (χ1) is 11.2. The second kappa shape index (κ2) is 6.86. The summed E-state index contributed by atoms with van der Waals surface area (Å²) in [4.78, 5) is 39.1. The van der Waals surface area contributed by atoms with Crippen molar-refractivity contribution in [2.24, 2.45) is 5.41 Å². The molecule has 1 amide bonds. The van der Waals surface area contributed by atoms with E-state index in [4.69, 9.17) is 5.11 Å². The third kappa shape index (κ3) is 3.81. The van der Waals surface area contributed by atoms with Crippen LogP contribution in [0.2, 0.25) is 0 Å². The number of hydrogen-bond donors (Lipinski definition) is 3.